The average Bonchev–Trinajstić information content (AvgIpc) is 2.78. The van der Waals surface area contributed by atoms with E-state index < -0.39 is 0 Å². The average molecular weight is 336 g/mol. The summed E-state index contributed by atoms with van der Waals surface area (Å²) in [6, 6.07) is 8.34. The molecular weight excluding hydrogens is 325 g/mol. The fraction of sp³-hybridized carbons (Fsp3) is 0.0625. The van der Waals surface area contributed by atoms with Crippen LogP contribution in [0.1, 0.15) is 11.1 Å². The zero-order chi connectivity index (χ0) is 15.9. The highest BCUT2D eigenvalue weighted by Crippen LogP contribution is 2.38. The van der Waals surface area contributed by atoms with Crippen LogP contribution in [-0.2, 0) is 4.79 Å². The summed E-state index contributed by atoms with van der Waals surface area (Å²) in [6.45, 7) is 0. The third-order valence-corrected chi connectivity index (χ3v) is 3.87. The minimum atomic E-state index is -0.222. The molecule has 0 atom stereocenters. The van der Waals surface area contributed by atoms with Crippen molar-refractivity contribution in [2.75, 3.05) is 12.4 Å². The van der Waals surface area contributed by atoms with E-state index in [-0.39, 0.29) is 22.4 Å². The van der Waals surface area contributed by atoms with Crippen LogP contribution >= 0.6 is 23.2 Å². The largest absolute Gasteiger partial charge is 0.503 e. The second-order valence-corrected chi connectivity index (χ2v) is 5.60. The number of anilines is 1. The summed E-state index contributed by atoms with van der Waals surface area (Å²) >= 11 is 12.0. The van der Waals surface area contributed by atoms with E-state index in [9.17, 15) is 9.90 Å². The number of nitrogens with one attached hydrogen (secondary N) is 1. The second-order valence-electron chi connectivity index (χ2n) is 4.76. The van der Waals surface area contributed by atoms with Gasteiger partial charge in [-0.15, -0.1) is 0 Å². The molecule has 2 N–H and O–H groups in total. The zero-order valence-corrected chi connectivity index (χ0v) is 13.0. The van der Waals surface area contributed by atoms with E-state index in [0.717, 1.165) is 5.56 Å². The summed E-state index contributed by atoms with van der Waals surface area (Å²) in [6.07, 6.45) is 1.67. The first kappa shape index (κ1) is 14.8. The number of benzene rings is 2. The Hall–Kier alpha value is -2.17. The second kappa shape index (κ2) is 5.55. The van der Waals surface area contributed by atoms with E-state index in [2.05, 4.69) is 5.32 Å². The molecule has 4 nitrogen and oxygen atoms in total. The first-order valence-corrected chi connectivity index (χ1v) is 7.14. The number of carbonyl (C=O) groups is 1. The Bertz CT molecular complexity index is 815. The normalized spacial score (nSPS) is 14.9. The third-order valence-electron chi connectivity index (χ3n) is 3.35. The minimum Gasteiger partial charge on any atom is -0.503 e. The third kappa shape index (κ3) is 2.51. The molecule has 22 heavy (non-hydrogen) atoms. The fourth-order valence-electron chi connectivity index (χ4n) is 2.30. The lowest BCUT2D eigenvalue weighted by Gasteiger charge is -2.07. The van der Waals surface area contributed by atoms with Crippen molar-refractivity contribution in [1.29, 1.82) is 0 Å². The number of fused-ring (bicyclic) bond motifs is 1. The van der Waals surface area contributed by atoms with Crippen LogP contribution in [0.2, 0.25) is 10.0 Å². The van der Waals surface area contributed by atoms with Crippen LogP contribution in [0, 0.1) is 0 Å². The Morgan fingerprint density at radius 1 is 1.23 bits per heavy atom. The molecule has 112 valence electrons. The van der Waals surface area contributed by atoms with Crippen molar-refractivity contribution in [2.45, 2.75) is 0 Å². The number of phenolic OH excluding ortho intramolecular Hbond substituents is 1. The SMILES string of the molecule is COc1cc(/C=C2/C(=O)Nc3ccc(Cl)cc32)cc(Cl)c1O. The number of aromatic hydroxyl groups is 1. The monoisotopic (exact) mass is 335 g/mol. The van der Waals surface area contributed by atoms with Crippen LogP contribution in [0.4, 0.5) is 5.69 Å². The van der Waals surface area contributed by atoms with Crippen molar-refractivity contribution in [3.05, 3.63) is 51.5 Å². The summed E-state index contributed by atoms with van der Waals surface area (Å²) in [4.78, 5) is 12.1. The minimum absolute atomic E-state index is 0.134. The van der Waals surface area contributed by atoms with Gasteiger partial charge in [0.15, 0.2) is 11.5 Å². The van der Waals surface area contributed by atoms with Crippen molar-refractivity contribution < 1.29 is 14.6 Å². The summed E-state index contributed by atoms with van der Waals surface area (Å²) < 4.78 is 5.06. The van der Waals surface area contributed by atoms with Gasteiger partial charge < -0.3 is 15.2 Å². The van der Waals surface area contributed by atoms with Gasteiger partial charge in [0.1, 0.15) is 0 Å². The number of phenols is 1. The van der Waals surface area contributed by atoms with E-state index in [1.807, 2.05) is 0 Å². The first-order valence-electron chi connectivity index (χ1n) is 6.39. The van der Waals surface area contributed by atoms with Crippen molar-refractivity contribution in [1.82, 2.24) is 0 Å². The molecule has 0 saturated carbocycles. The fourth-order valence-corrected chi connectivity index (χ4v) is 2.69. The van der Waals surface area contributed by atoms with E-state index in [1.54, 1.807) is 36.4 Å². The molecule has 0 saturated heterocycles. The van der Waals surface area contributed by atoms with Crippen LogP contribution < -0.4 is 10.1 Å². The van der Waals surface area contributed by atoms with Gasteiger partial charge in [-0.1, -0.05) is 23.2 Å². The zero-order valence-electron chi connectivity index (χ0n) is 11.5. The van der Waals surface area contributed by atoms with E-state index in [0.29, 0.717) is 21.8 Å². The van der Waals surface area contributed by atoms with Crippen molar-refractivity contribution >= 4 is 46.4 Å². The van der Waals surface area contributed by atoms with E-state index in [4.69, 9.17) is 27.9 Å². The summed E-state index contributed by atoms with van der Waals surface area (Å²) in [7, 11) is 1.43. The maximum Gasteiger partial charge on any atom is 0.256 e. The number of carbonyl (C=O) groups excluding carboxylic acids is 1. The van der Waals surface area contributed by atoms with Gasteiger partial charge in [0.25, 0.3) is 5.91 Å². The quantitative estimate of drug-likeness (QED) is 0.808. The predicted molar refractivity (Wildman–Crippen MR) is 87.6 cm³/mol. The van der Waals surface area contributed by atoms with Gasteiger partial charge in [0, 0.05) is 21.8 Å². The highest BCUT2D eigenvalue weighted by atomic mass is 35.5. The standard InChI is InChI=1S/C16H11Cl2NO3/c1-22-14-6-8(5-12(18)15(14)20)4-11-10-7-9(17)2-3-13(10)19-16(11)21/h2-7,20H,1H3,(H,19,21)/b11-4+. The number of methoxy groups -OCH3 is 1. The smallest absolute Gasteiger partial charge is 0.256 e. The molecule has 0 aromatic heterocycles. The van der Waals surface area contributed by atoms with Gasteiger partial charge in [0.2, 0.25) is 0 Å². The maximum atomic E-state index is 12.1. The van der Waals surface area contributed by atoms with Crippen LogP contribution in [-0.4, -0.2) is 18.1 Å². The predicted octanol–water partition coefficient (Wildman–Crippen LogP) is 4.20. The Labute approximate surface area is 136 Å². The molecule has 1 amide bonds. The van der Waals surface area contributed by atoms with Crippen LogP contribution in [0.3, 0.4) is 0 Å². The lowest BCUT2D eigenvalue weighted by atomic mass is 10.0. The summed E-state index contributed by atoms with van der Waals surface area (Å²) in [5.74, 6) is -0.116. The molecule has 0 bridgehead atoms. The number of halogens is 2. The van der Waals surface area contributed by atoms with Gasteiger partial charge in [0.05, 0.1) is 12.1 Å². The van der Waals surface area contributed by atoms with Crippen molar-refractivity contribution in [2.24, 2.45) is 0 Å². The lowest BCUT2D eigenvalue weighted by molar-refractivity contribution is -0.110. The molecule has 2 aromatic carbocycles. The molecule has 0 fully saturated rings. The van der Waals surface area contributed by atoms with Crippen molar-refractivity contribution in [3.63, 3.8) is 0 Å². The van der Waals surface area contributed by atoms with Crippen molar-refractivity contribution in [3.8, 4) is 11.5 Å². The number of hydrogen-bond donors (Lipinski definition) is 2. The number of amides is 1. The van der Waals surface area contributed by atoms with E-state index >= 15 is 0 Å². The van der Waals surface area contributed by atoms with E-state index in [1.165, 1.54) is 7.11 Å². The molecule has 1 aliphatic rings. The topological polar surface area (TPSA) is 58.6 Å². The Balaban J connectivity index is 2.12. The first-order chi connectivity index (χ1) is 10.5. The Kier molecular flexibility index (Phi) is 3.72. The van der Waals surface area contributed by atoms with Gasteiger partial charge in [-0.25, -0.2) is 0 Å². The molecule has 0 aliphatic carbocycles. The highest BCUT2D eigenvalue weighted by molar-refractivity contribution is 6.37. The number of hydrogen-bond acceptors (Lipinski definition) is 3. The molecule has 6 heteroatoms. The molecule has 2 aromatic rings. The molecule has 1 heterocycles. The molecule has 3 rings (SSSR count). The van der Waals surface area contributed by atoms with Gasteiger partial charge in [-0.3, -0.25) is 4.79 Å². The lowest BCUT2D eigenvalue weighted by Crippen LogP contribution is -2.03. The van der Waals surface area contributed by atoms with Crippen LogP contribution in [0.15, 0.2) is 30.3 Å². The maximum absolute atomic E-state index is 12.1. The molecule has 0 unspecified atom stereocenters. The number of ether oxygens (including phenoxy) is 1. The summed E-state index contributed by atoms with van der Waals surface area (Å²) in [5, 5.41) is 13.2. The number of rotatable bonds is 2. The van der Waals surface area contributed by atoms with Gasteiger partial charge in [-0.2, -0.15) is 0 Å². The van der Waals surface area contributed by atoms with Gasteiger partial charge >= 0.3 is 0 Å². The molecule has 1 aliphatic heterocycles. The molecule has 0 spiro atoms. The Morgan fingerprint density at radius 2 is 2.00 bits per heavy atom. The molecule has 0 radical (unpaired) electrons. The Morgan fingerprint density at radius 3 is 2.73 bits per heavy atom. The molecular formula is C16H11Cl2NO3. The van der Waals surface area contributed by atoms with Gasteiger partial charge in [-0.05, 0) is 42.0 Å². The highest BCUT2D eigenvalue weighted by Gasteiger charge is 2.24. The van der Waals surface area contributed by atoms with Crippen LogP contribution in [0.25, 0.3) is 11.6 Å². The summed E-state index contributed by atoms with van der Waals surface area (Å²) in [5.41, 5.74) is 2.54. The van der Waals surface area contributed by atoms with Crippen LogP contribution in [0.5, 0.6) is 11.5 Å².